The van der Waals surface area contributed by atoms with E-state index in [2.05, 4.69) is 16.7 Å². The van der Waals surface area contributed by atoms with Crippen molar-refractivity contribution < 1.29 is 14.2 Å². The molecule has 6 nitrogen and oxygen atoms in total. The summed E-state index contributed by atoms with van der Waals surface area (Å²) >= 11 is 6.05. The molecule has 180 valence electrons. The number of hydrogen-bond acceptors (Lipinski definition) is 8. The minimum absolute atomic E-state index is 0.00497. The molecule has 0 unspecified atom stereocenters. The lowest BCUT2D eigenvalue weighted by Gasteiger charge is -2.25. The van der Waals surface area contributed by atoms with Crippen LogP contribution in [-0.4, -0.2) is 63.0 Å². The van der Waals surface area contributed by atoms with Crippen LogP contribution in [0.15, 0.2) is 79.2 Å². The van der Waals surface area contributed by atoms with Crippen LogP contribution in [0.5, 0.6) is 0 Å². The van der Waals surface area contributed by atoms with Crippen LogP contribution in [-0.2, 0) is 9.59 Å². The van der Waals surface area contributed by atoms with Crippen molar-refractivity contribution in [2.45, 2.75) is 15.6 Å². The van der Waals surface area contributed by atoms with Gasteiger partial charge in [-0.2, -0.15) is 0 Å². The summed E-state index contributed by atoms with van der Waals surface area (Å²) in [5, 5.41) is 0. The third-order valence-electron chi connectivity index (χ3n) is 6.04. The van der Waals surface area contributed by atoms with E-state index in [-0.39, 0.29) is 11.7 Å². The molecule has 2 aromatic heterocycles. The van der Waals surface area contributed by atoms with Gasteiger partial charge in [-0.25, -0.2) is 14.5 Å². The molecule has 2 aromatic carbocycles. The van der Waals surface area contributed by atoms with E-state index in [9.17, 15) is 9.59 Å². The van der Waals surface area contributed by atoms with Crippen LogP contribution in [0.1, 0.15) is 6.92 Å². The number of rotatable bonds is 4. The van der Waals surface area contributed by atoms with Crippen molar-refractivity contribution in [2.75, 3.05) is 26.2 Å². The fraction of sp³-hybridized carbons (Fsp3) is 0.192. The number of ketones is 1. The molecule has 2 aliphatic rings. The summed E-state index contributed by atoms with van der Waals surface area (Å²) < 4.78 is 6.16. The highest BCUT2D eigenvalue weighted by Crippen LogP contribution is 2.41. The zero-order valence-corrected chi connectivity index (χ0v) is 22.6. The molecule has 4 aromatic rings. The van der Waals surface area contributed by atoms with Gasteiger partial charge in [-0.1, -0.05) is 47.8 Å². The molecular formula is C26H21N4O2S4+. The number of nitrogens with zero attached hydrogens (tertiary/aromatic N) is 4. The van der Waals surface area contributed by atoms with Gasteiger partial charge in [0, 0.05) is 19.1 Å². The lowest BCUT2D eigenvalue weighted by atomic mass is 10.1. The van der Waals surface area contributed by atoms with Crippen molar-refractivity contribution in [3.05, 3.63) is 70.5 Å². The average Bonchev–Trinajstić information content (AvgIpc) is 3.49. The van der Waals surface area contributed by atoms with Gasteiger partial charge < -0.3 is 4.90 Å². The van der Waals surface area contributed by atoms with E-state index >= 15 is 0 Å². The van der Waals surface area contributed by atoms with Gasteiger partial charge in [0.25, 0.3) is 0 Å². The Morgan fingerprint density at radius 2 is 1.36 bits per heavy atom. The van der Waals surface area contributed by atoms with Crippen LogP contribution in [0.4, 0.5) is 0 Å². The van der Waals surface area contributed by atoms with E-state index in [1.165, 1.54) is 23.5 Å². The van der Waals surface area contributed by atoms with Crippen LogP contribution < -0.4 is 0 Å². The zero-order valence-electron chi connectivity index (χ0n) is 19.3. The number of para-hydroxylation sites is 2. The topological polar surface area (TPSA) is 66.2 Å². The predicted molar refractivity (Wildman–Crippen MR) is 149 cm³/mol. The van der Waals surface area contributed by atoms with Crippen molar-refractivity contribution in [2.24, 2.45) is 0 Å². The molecule has 1 saturated heterocycles. The first-order chi connectivity index (χ1) is 17.5. The number of amides is 1. The van der Waals surface area contributed by atoms with Gasteiger partial charge in [-0.05, 0) is 24.3 Å². The number of hydrogen-bond donors (Lipinski definition) is 0. The van der Waals surface area contributed by atoms with E-state index in [4.69, 9.17) is 9.97 Å². The highest BCUT2D eigenvalue weighted by molar-refractivity contribution is 8.07. The first kappa shape index (κ1) is 23.6. The standard InChI is InChI=1S/C26H21N4O2S4/c1-16(31)29-10-12-30(13-11-29)17-14-22(35-25-27-18-6-2-4-8-20(18)33-25)24(32)23(15-17)36-26-28-19-7-3-5-9-21(19)34-26/h2-9,14-15H,10-13H2,1H3/q+1. The van der Waals surface area contributed by atoms with E-state index < -0.39 is 0 Å². The number of benzene rings is 2. The van der Waals surface area contributed by atoms with E-state index in [0.717, 1.165) is 47.9 Å². The summed E-state index contributed by atoms with van der Waals surface area (Å²) in [4.78, 5) is 38.1. The SMILES string of the molecule is CC(=O)N1CC[N+](=C2C=C(Sc3nc4ccccc4s3)C(=O)C(Sc3nc4ccccc4s3)=C2)CC1. The Morgan fingerprint density at radius 3 is 1.83 bits per heavy atom. The number of allylic oxidation sites excluding steroid dienone is 4. The number of thioether (sulfide) groups is 2. The molecule has 1 fully saturated rings. The number of carbonyl (C=O) groups is 2. The van der Waals surface area contributed by atoms with Gasteiger partial charge in [0.05, 0.1) is 43.3 Å². The molecule has 1 aliphatic heterocycles. The summed E-state index contributed by atoms with van der Waals surface area (Å²) in [7, 11) is 0. The lowest BCUT2D eigenvalue weighted by molar-refractivity contribution is -0.536. The fourth-order valence-electron chi connectivity index (χ4n) is 4.15. The van der Waals surface area contributed by atoms with Crippen LogP contribution in [0.2, 0.25) is 0 Å². The molecular weight excluding hydrogens is 529 g/mol. The third-order valence-corrected chi connectivity index (χ3v) is 10.3. The van der Waals surface area contributed by atoms with Gasteiger partial charge >= 0.3 is 0 Å². The highest BCUT2D eigenvalue weighted by Gasteiger charge is 2.30. The maximum Gasteiger partial charge on any atom is 0.219 e. The summed E-state index contributed by atoms with van der Waals surface area (Å²) in [5.41, 5.74) is 2.88. The van der Waals surface area contributed by atoms with Crippen LogP contribution in [0, 0.1) is 0 Å². The number of aromatic nitrogens is 2. The smallest absolute Gasteiger partial charge is 0.219 e. The summed E-state index contributed by atoms with van der Waals surface area (Å²) in [6, 6.07) is 16.0. The van der Waals surface area contributed by atoms with E-state index in [1.54, 1.807) is 29.6 Å². The Hall–Kier alpha value is -2.79. The summed E-state index contributed by atoms with van der Waals surface area (Å²) in [6.07, 6.45) is 3.95. The largest absolute Gasteiger partial charge is 0.330 e. The Morgan fingerprint density at radius 1 is 0.861 bits per heavy atom. The number of Topliss-reactive ketones (excluding diaryl/α,β-unsaturated/α-hetero) is 1. The fourth-order valence-corrected chi connectivity index (χ4v) is 8.45. The molecule has 0 spiro atoms. The molecule has 1 aliphatic carbocycles. The second-order valence-electron chi connectivity index (χ2n) is 8.36. The van der Waals surface area contributed by atoms with Crippen LogP contribution >= 0.6 is 46.2 Å². The van der Waals surface area contributed by atoms with Gasteiger partial charge in [0.1, 0.15) is 0 Å². The molecule has 36 heavy (non-hydrogen) atoms. The molecule has 10 heteroatoms. The minimum atomic E-state index is -0.00497. The first-order valence-corrected chi connectivity index (χ1v) is 14.7. The van der Waals surface area contributed by atoms with Gasteiger partial charge in [-0.15, -0.1) is 22.7 Å². The zero-order chi connectivity index (χ0) is 24.6. The number of piperazine rings is 1. The van der Waals surface area contributed by atoms with E-state index in [1.807, 2.05) is 53.5 Å². The number of thiazole rings is 2. The van der Waals surface area contributed by atoms with Crippen molar-refractivity contribution in [3.63, 3.8) is 0 Å². The average molecular weight is 550 g/mol. The maximum absolute atomic E-state index is 13.6. The Balaban J connectivity index is 1.34. The normalized spacial score (nSPS) is 16.6. The molecule has 0 bridgehead atoms. The van der Waals surface area contributed by atoms with Crippen molar-refractivity contribution in [1.29, 1.82) is 0 Å². The van der Waals surface area contributed by atoms with Crippen molar-refractivity contribution >= 4 is 84.0 Å². The van der Waals surface area contributed by atoms with E-state index in [0.29, 0.717) is 22.9 Å². The second kappa shape index (κ2) is 9.93. The van der Waals surface area contributed by atoms with Gasteiger partial charge in [0.15, 0.2) is 21.8 Å². The van der Waals surface area contributed by atoms with Gasteiger partial charge in [-0.3, -0.25) is 9.59 Å². The molecule has 0 radical (unpaired) electrons. The monoisotopic (exact) mass is 549 g/mol. The maximum atomic E-state index is 13.6. The minimum Gasteiger partial charge on any atom is -0.330 e. The Bertz CT molecular complexity index is 1440. The molecule has 0 N–H and O–H groups in total. The Kier molecular flexibility index (Phi) is 6.51. The van der Waals surface area contributed by atoms with Gasteiger partial charge in [0.2, 0.25) is 17.4 Å². The predicted octanol–water partition coefficient (Wildman–Crippen LogP) is 5.46. The molecule has 6 rings (SSSR count). The Labute approximate surface area is 224 Å². The number of carbonyl (C=O) groups excluding carboxylic acids is 2. The summed E-state index contributed by atoms with van der Waals surface area (Å²) in [6.45, 7) is 4.42. The number of fused-ring (bicyclic) bond motifs is 2. The highest BCUT2D eigenvalue weighted by atomic mass is 32.2. The van der Waals surface area contributed by atoms with Crippen molar-refractivity contribution in [3.8, 4) is 0 Å². The lowest BCUT2D eigenvalue weighted by Crippen LogP contribution is -2.45. The molecule has 1 amide bonds. The molecule has 0 saturated carbocycles. The quantitative estimate of drug-likeness (QED) is 0.249. The summed E-state index contributed by atoms with van der Waals surface area (Å²) in [5.74, 6) is 0.0957. The second-order valence-corrected chi connectivity index (χ2v) is 13.0. The van der Waals surface area contributed by atoms with Crippen molar-refractivity contribution in [1.82, 2.24) is 14.9 Å². The van der Waals surface area contributed by atoms with Crippen LogP contribution in [0.25, 0.3) is 20.4 Å². The van der Waals surface area contributed by atoms with Crippen LogP contribution in [0.3, 0.4) is 0 Å². The molecule has 0 atom stereocenters. The first-order valence-electron chi connectivity index (χ1n) is 11.5. The third kappa shape index (κ3) is 4.78. The molecule has 3 heterocycles.